The van der Waals surface area contributed by atoms with Crippen LogP contribution in [-0.4, -0.2) is 20.5 Å². The molecule has 23 heavy (non-hydrogen) atoms. The Bertz CT molecular complexity index is 842. The lowest BCUT2D eigenvalue weighted by Crippen LogP contribution is -2.12. The molecular formula is C14H12ClFN2O3S2. The Labute approximate surface area is 142 Å². The Kier molecular flexibility index (Phi) is 6.38. The molecule has 0 fully saturated rings. The molecule has 0 bridgehead atoms. The molecule has 1 rings (SSSR count). The zero-order valence-corrected chi connectivity index (χ0v) is 14.4. The van der Waals surface area contributed by atoms with Crippen molar-refractivity contribution in [3.63, 3.8) is 0 Å². The molecular weight excluding hydrogens is 363 g/mol. The van der Waals surface area contributed by atoms with Gasteiger partial charge in [-0.2, -0.15) is 5.26 Å². The fourth-order valence-corrected chi connectivity index (χ4v) is 3.06. The Morgan fingerprint density at radius 3 is 2.61 bits per heavy atom. The van der Waals surface area contributed by atoms with Crippen molar-refractivity contribution in [2.45, 2.75) is 6.42 Å². The van der Waals surface area contributed by atoms with Gasteiger partial charge in [-0.05, 0) is 18.2 Å². The highest BCUT2D eigenvalue weighted by Gasteiger charge is 2.23. The average Bonchev–Trinajstić information content (AvgIpc) is 2.42. The molecule has 1 aromatic carbocycles. The molecule has 0 aromatic heterocycles. The van der Waals surface area contributed by atoms with Gasteiger partial charge in [-0.15, -0.1) is 0 Å². The summed E-state index contributed by atoms with van der Waals surface area (Å²) in [6.07, 6.45) is 0.591. The largest absolute Gasteiger partial charge is 0.400 e. The third-order valence-corrected chi connectivity index (χ3v) is 5.67. The maximum Gasteiger partial charge on any atom is 0.204 e. The summed E-state index contributed by atoms with van der Waals surface area (Å²) in [4.78, 5) is 12.2. The van der Waals surface area contributed by atoms with E-state index in [2.05, 4.69) is 6.58 Å². The average molecular weight is 375 g/mol. The van der Waals surface area contributed by atoms with Crippen LogP contribution in [0.3, 0.4) is 0 Å². The Hall–Kier alpha value is -1.82. The van der Waals surface area contributed by atoms with E-state index >= 15 is 0 Å². The normalized spacial score (nSPS) is 12.3. The van der Waals surface area contributed by atoms with Gasteiger partial charge in [0.2, 0.25) is 5.78 Å². The number of ketones is 1. The van der Waals surface area contributed by atoms with E-state index in [1.807, 2.05) is 0 Å². The van der Waals surface area contributed by atoms with Gasteiger partial charge in [0.05, 0.1) is 27.2 Å². The first-order valence-electron chi connectivity index (χ1n) is 6.00. The van der Waals surface area contributed by atoms with Crippen molar-refractivity contribution >= 4 is 39.0 Å². The first kappa shape index (κ1) is 19.2. The molecule has 0 spiro atoms. The molecule has 0 radical (unpaired) electrons. The predicted octanol–water partition coefficient (Wildman–Crippen LogP) is 2.99. The highest BCUT2D eigenvalue weighted by molar-refractivity contribution is 8.21. The third kappa shape index (κ3) is 5.10. The van der Waals surface area contributed by atoms with E-state index in [4.69, 9.17) is 22.6 Å². The zero-order chi connectivity index (χ0) is 17.8. The molecule has 0 saturated carbocycles. The summed E-state index contributed by atoms with van der Waals surface area (Å²) >= 11 is 6.12. The van der Waals surface area contributed by atoms with Gasteiger partial charge in [0.1, 0.15) is 5.82 Å². The number of Topliss-reactive ketones (excluding diaryl/α,β-unsaturated/α-hetero) is 1. The molecule has 0 aliphatic carbocycles. The molecule has 1 aromatic rings. The number of carbonyl (C=O) groups is 1. The van der Waals surface area contributed by atoms with Crippen molar-refractivity contribution in [3.05, 3.63) is 56.0 Å². The fourth-order valence-electron chi connectivity index (χ4n) is 1.41. The van der Waals surface area contributed by atoms with Gasteiger partial charge in [-0.1, -0.05) is 29.9 Å². The van der Waals surface area contributed by atoms with Crippen molar-refractivity contribution in [1.29, 1.82) is 5.26 Å². The first-order valence-corrected chi connectivity index (χ1v) is 9.08. The summed E-state index contributed by atoms with van der Waals surface area (Å²) in [5.41, 5.74) is 5.17. The predicted molar refractivity (Wildman–Crippen MR) is 88.8 cm³/mol. The van der Waals surface area contributed by atoms with Gasteiger partial charge in [0.15, 0.2) is 9.84 Å². The van der Waals surface area contributed by atoms with E-state index in [1.165, 1.54) is 6.07 Å². The van der Waals surface area contributed by atoms with Crippen molar-refractivity contribution in [1.82, 2.24) is 0 Å². The molecule has 9 heteroatoms. The van der Waals surface area contributed by atoms with E-state index in [0.717, 1.165) is 18.4 Å². The Balaban J connectivity index is 3.36. The number of nitrogens with two attached hydrogens (primary N) is 1. The third-order valence-electron chi connectivity index (χ3n) is 2.57. The molecule has 5 nitrogen and oxygen atoms in total. The van der Waals surface area contributed by atoms with Crippen molar-refractivity contribution < 1.29 is 17.6 Å². The van der Waals surface area contributed by atoms with Gasteiger partial charge in [-0.25, -0.2) is 12.8 Å². The summed E-state index contributed by atoms with van der Waals surface area (Å²) in [5, 5.41) is 8.81. The summed E-state index contributed by atoms with van der Waals surface area (Å²) in [5.74, 6) is -1.72. The van der Waals surface area contributed by atoms with Crippen LogP contribution in [-0.2, 0) is 9.84 Å². The lowest BCUT2D eigenvalue weighted by molar-refractivity contribution is 0.103. The number of allylic oxidation sites excluding steroid dienone is 2. The van der Waals surface area contributed by atoms with E-state index in [1.54, 1.807) is 6.07 Å². The van der Waals surface area contributed by atoms with Crippen LogP contribution >= 0.6 is 23.4 Å². The smallest absolute Gasteiger partial charge is 0.204 e. The van der Waals surface area contributed by atoms with Crippen LogP contribution < -0.4 is 5.73 Å². The fraction of sp³-hybridized carbons (Fsp3) is 0.143. The van der Waals surface area contributed by atoms with Crippen LogP contribution in [0.4, 0.5) is 4.39 Å². The van der Waals surface area contributed by atoms with Crippen molar-refractivity contribution in [2.75, 3.05) is 6.26 Å². The maximum absolute atomic E-state index is 13.9. The minimum atomic E-state index is -3.65. The second-order valence-electron chi connectivity index (χ2n) is 4.39. The molecule has 0 aliphatic rings. The number of thioether (sulfide) groups is 1. The van der Waals surface area contributed by atoms with Crippen LogP contribution in [0.15, 0.2) is 39.6 Å². The van der Waals surface area contributed by atoms with E-state index < -0.39 is 21.4 Å². The summed E-state index contributed by atoms with van der Waals surface area (Å²) in [6.45, 7) is 3.36. The summed E-state index contributed by atoms with van der Waals surface area (Å²) in [7, 11) is -3.65. The Morgan fingerprint density at radius 2 is 2.13 bits per heavy atom. The monoisotopic (exact) mass is 374 g/mol. The van der Waals surface area contributed by atoms with Crippen molar-refractivity contribution in [2.24, 2.45) is 5.73 Å². The Morgan fingerprint density at radius 1 is 1.52 bits per heavy atom. The quantitative estimate of drug-likeness (QED) is 0.606. The number of nitriles is 1. The number of hydrogen-bond acceptors (Lipinski definition) is 6. The highest BCUT2D eigenvalue weighted by Crippen LogP contribution is 2.33. The SMILES string of the molecule is C=C(S/C(C(=O)c1ccc(Cl)cc1F)=C(/N)CC#N)S(C)(=O)=O. The van der Waals surface area contributed by atoms with Gasteiger partial charge in [-0.3, -0.25) is 4.79 Å². The maximum atomic E-state index is 13.9. The van der Waals surface area contributed by atoms with E-state index in [0.29, 0.717) is 11.8 Å². The minimum Gasteiger partial charge on any atom is -0.400 e. The number of nitrogens with zero attached hydrogens (tertiary/aromatic N) is 1. The summed E-state index contributed by atoms with van der Waals surface area (Å²) < 4.78 is 36.5. The molecule has 2 N–H and O–H groups in total. The molecule has 0 unspecified atom stereocenters. The highest BCUT2D eigenvalue weighted by atomic mass is 35.5. The first-order chi connectivity index (χ1) is 10.6. The lowest BCUT2D eigenvalue weighted by atomic mass is 10.1. The topological polar surface area (TPSA) is 101 Å². The van der Waals surface area contributed by atoms with E-state index in [9.17, 15) is 17.6 Å². The number of benzene rings is 1. The van der Waals surface area contributed by atoms with Crippen molar-refractivity contribution in [3.8, 4) is 6.07 Å². The van der Waals surface area contributed by atoms with Gasteiger partial charge in [0, 0.05) is 17.0 Å². The second kappa shape index (κ2) is 7.64. The number of carbonyl (C=O) groups excluding carboxylic acids is 1. The molecule has 0 amide bonds. The molecule has 0 atom stereocenters. The van der Waals surface area contributed by atoms with E-state index in [-0.39, 0.29) is 31.8 Å². The number of hydrogen-bond donors (Lipinski definition) is 1. The van der Waals surface area contributed by atoms with Crippen LogP contribution in [0, 0.1) is 17.1 Å². The van der Waals surface area contributed by atoms with Gasteiger partial charge < -0.3 is 5.73 Å². The van der Waals surface area contributed by atoms with Crippen LogP contribution in [0.2, 0.25) is 5.02 Å². The molecule has 0 heterocycles. The lowest BCUT2D eigenvalue weighted by Gasteiger charge is -2.11. The van der Waals surface area contributed by atoms with Crippen LogP contribution in [0.25, 0.3) is 0 Å². The van der Waals surface area contributed by atoms with Gasteiger partial charge >= 0.3 is 0 Å². The number of halogens is 2. The van der Waals surface area contributed by atoms with Gasteiger partial charge in [0.25, 0.3) is 0 Å². The standard InChI is InChI=1S/C14H12ClFN2O3S2/c1-8(23(2,20)21)22-14(12(18)5-6-17)13(19)10-4-3-9(15)7-11(10)16/h3-4,7H,1,5,18H2,2H3/b14-12+. The summed E-state index contributed by atoms with van der Waals surface area (Å²) in [6, 6.07) is 5.16. The van der Waals surface area contributed by atoms with Crippen LogP contribution in [0.5, 0.6) is 0 Å². The molecule has 122 valence electrons. The minimum absolute atomic E-state index is 0.0998. The van der Waals surface area contributed by atoms with Crippen LogP contribution in [0.1, 0.15) is 16.8 Å². The number of sulfone groups is 1. The molecule has 0 saturated heterocycles. The zero-order valence-electron chi connectivity index (χ0n) is 12.0. The molecule has 0 aliphatic heterocycles. The number of rotatable bonds is 6. The second-order valence-corrected chi connectivity index (χ2v) is 8.23.